The minimum Gasteiger partial charge on any atom is -0.481 e. The van der Waals surface area contributed by atoms with Gasteiger partial charge < -0.3 is 15.2 Å². The number of hydrogen-bond donors (Lipinski definition) is 1. The first-order valence-electron chi connectivity index (χ1n) is 3.46. The van der Waals surface area contributed by atoms with E-state index < -0.39 is 0 Å². The highest BCUT2D eigenvalue weighted by Crippen LogP contribution is 2.13. The minimum atomic E-state index is 0.271. The highest BCUT2D eigenvalue weighted by molar-refractivity contribution is 5.20. The van der Waals surface area contributed by atoms with Crippen molar-refractivity contribution in [3.63, 3.8) is 0 Å². The summed E-state index contributed by atoms with van der Waals surface area (Å²) in [5, 5.41) is 0. The van der Waals surface area contributed by atoms with Crippen LogP contribution in [-0.4, -0.2) is 24.2 Å². The molecule has 0 aliphatic carbocycles. The molecule has 66 valence electrons. The van der Waals surface area contributed by atoms with Crippen molar-refractivity contribution in [2.45, 2.75) is 6.54 Å². The third-order valence-corrected chi connectivity index (χ3v) is 1.33. The lowest BCUT2D eigenvalue weighted by atomic mass is 10.5. The fourth-order valence-corrected chi connectivity index (χ4v) is 0.750. The summed E-state index contributed by atoms with van der Waals surface area (Å²) < 4.78 is 9.82. The van der Waals surface area contributed by atoms with Gasteiger partial charge in [0, 0.05) is 0 Å². The van der Waals surface area contributed by atoms with Crippen molar-refractivity contribution in [3.8, 4) is 11.8 Å². The van der Waals surface area contributed by atoms with Gasteiger partial charge in [-0.25, -0.2) is 0 Å². The topological polar surface area (TPSA) is 70.3 Å². The Morgan fingerprint density at radius 2 is 1.75 bits per heavy atom. The van der Waals surface area contributed by atoms with Crippen molar-refractivity contribution in [3.05, 3.63) is 11.9 Å². The first-order chi connectivity index (χ1) is 5.80. The molecule has 0 bridgehead atoms. The van der Waals surface area contributed by atoms with Crippen LogP contribution in [0.15, 0.2) is 6.07 Å². The molecule has 1 rings (SSSR count). The van der Waals surface area contributed by atoms with E-state index in [2.05, 4.69) is 9.97 Å². The molecule has 0 fully saturated rings. The zero-order chi connectivity index (χ0) is 8.97. The number of nitrogens with zero attached hydrogens (tertiary/aromatic N) is 2. The second kappa shape index (κ2) is 3.87. The predicted octanol–water partition coefficient (Wildman–Crippen LogP) is -0.0475. The Kier molecular flexibility index (Phi) is 2.82. The Balaban J connectivity index is 3.01. The van der Waals surface area contributed by atoms with Gasteiger partial charge in [0.25, 0.3) is 0 Å². The van der Waals surface area contributed by atoms with Gasteiger partial charge >= 0.3 is 0 Å². The molecular weight excluding hydrogens is 158 g/mol. The Morgan fingerprint density at radius 3 is 2.08 bits per heavy atom. The van der Waals surface area contributed by atoms with Crippen molar-refractivity contribution in [1.29, 1.82) is 0 Å². The molecule has 0 saturated heterocycles. The van der Waals surface area contributed by atoms with Crippen molar-refractivity contribution in [1.82, 2.24) is 9.97 Å². The third kappa shape index (κ3) is 1.82. The van der Waals surface area contributed by atoms with Crippen LogP contribution in [0.3, 0.4) is 0 Å². The first kappa shape index (κ1) is 8.73. The molecule has 0 atom stereocenters. The lowest BCUT2D eigenvalue weighted by Gasteiger charge is -2.03. The molecule has 0 aromatic carbocycles. The van der Waals surface area contributed by atoms with E-state index in [1.807, 2.05) is 0 Å². The fourth-order valence-electron chi connectivity index (χ4n) is 0.750. The highest BCUT2D eigenvalue weighted by atomic mass is 16.5. The van der Waals surface area contributed by atoms with Gasteiger partial charge in [-0.05, 0) is 0 Å². The van der Waals surface area contributed by atoms with Crippen molar-refractivity contribution >= 4 is 0 Å². The molecule has 5 nitrogen and oxygen atoms in total. The van der Waals surface area contributed by atoms with Crippen LogP contribution >= 0.6 is 0 Å². The molecule has 0 radical (unpaired) electrons. The Bertz CT molecular complexity index is 210. The van der Waals surface area contributed by atoms with Gasteiger partial charge in [0.1, 0.15) is 5.82 Å². The number of rotatable bonds is 3. The van der Waals surface area contributed by atoms with Gasteiger partial charge in [-0.15, -0.1) is 0 Å². The summed E-state index contributed by atoms with van der Waals surface area (Å²) in [4.78, 5) is 7.96. The summed E-state index contributed by atoms with van der Waals surface area (Å²) >= 11 is 0. The molecule has 0 unspecified atom stereocenters. The molecule has 5 heteroatoms. The molecule has 0 aliphatic heterocycles. The minimum absolute atomic E-state index is 0.271. The van der Waals surface area contributed by atoms with Gasteiger partial charge in [0.2, 0.25) is 11.8 Å². The second-order valence-electron chi connectivity index (χ2n) is 2.07. The monoisotopic (exact) mass is 169 g/mol. The van der Waals surface area contributed by atoms with Crippen LogP contribution in [0, 0.1) is 0 Å². The summed E-state index contributed by atoms with van der Waals surface area (Å²) in [6.45, 7) is 0.271. The molecule has 1 aromatic heterocycles. The van der Waals surface area contributed by atoms with E-state index in [0.29, 0.717) is 17.6 Å². The van der Waals surface area contributed by atoms with E-state index in [4.69, 9.17) is 15.2 Å². The largest absolute Gasteiger partial charge is 0.481 e. The highest BCUT2D eigenvalue weighted by Gasteiger charge is 2.02. The van der Waals surface area contributed by atoms with Crippen molar-refractivity contribution in [2.75, 3.05) is 14.2 Å². The maximum Gasteiger partial charge on any atom is 0.220 e. The number of nitrogens with two attached hydrogens (primary N) is 1. The van der Waals surface area contributed by atoms with Crippen molar-refractivity contribution in [2.24, 2.45) is 5.73 Å². The van der Waals surface area contributed by atoms with E-state index in [1.165, 1.54) is 14.2 Å². The second-order valence-corrected chi connectivity index (χ2v) is 2.07. The molecular formula is C7H11N3O2. The van der Waals surface area contributed by atoms with Crippen LogP contribution in [0.2, 0.25) is 0 Å². The normalized spacial score (nSPS) is 9.58. The van der Waals surface area contributed by atoms with E-state index in [1.54, 1.807) is 6.07 Å². The summed E-state index contributed by atoms with van der Waals surface area (Å²) in [6, 6.07) is 1.60. The Labute approximate surface area is 70.5 Å². The number of hydrogen-bond acceptors (Lipinski definition) is 5. The van der Waals surface area contributed by atoms with Crippen LogP contribution < -0.4 is 15.2 Å². The summed E-state index contributed by atoms with van der Waals surface area (Å²) in [5.41, 5.74) is 5.36. The summed E-state index contributed by atoms with van der Waals surface area (Å²) in [6.07, 6.45) is 0. The van der Waals surface area contributed by atoms with E-state index in [0.717, 1.165) is 0 Å². The molecule has 0 spiro atoms. The number of ether oxygens (including phenoxy) is 2. The van der Waals surface area contributed by atoms with Gasteiger partial charge in [-0.2, -0.15) is 9.97 Å². The van der Waals surface area contributed by atoms with Crippen LogP contribution in [0.1, 0.15) is 5.82 Å². The van der Waals surface area contributed by atoms with Crippen LogP contribution in [0.5, 0.6) is 11.8 Å². The number of aromatic nitrogens is 2. The smallest absolute Gasteiger partial charge is 0.220 e. The zero-order valence-corrected chi connectivity index (χ0v) is 7.07. The van der Waals surface area contributed by atoms with Crippen molar-refractivity contribution < 1.29 is 9.47 Å². The molecule has 12 heavy (non-hydrogen) atoms. The van der Waals surface area contributed by atoms with Gasteiger partial charge in [-0.3, -0.25) is 0 Å². The average Bonchev–Trinajstić information content (AvgIpc) is 2.16. The fraction of sp³-hybridized carbons (Fsp3) is 0.429. The Morgan fingerprint density at radius 1 is 1.25 bits per heavy atom. The van der Waals surface area contributed by atoms with Gasteiger partial charge in [0.05, 0.1) is 26.8 Å². The van der Waals surface area contributed by atoms with E-state index in [-0.39, 0.29) is 6.54 Å². The maximum absolute atomic E-state index is 5.36. The quantitative estimate of drug-likeness (QED) is 0.687. The molecule has 1 heterocycles. The van der Waals surface area contributed by atoms with E-state index in [9.17, 15) is 0 Å². The first-order valence-corrected chi connectivity index (χ1v) is 3.46. The van der Waals surface area contributed by atoms with Crippen LogP contribution in [-0.2, 0) is 6.54 Å². The lowest BCUT2D eigenvalue weighted by Crippen LogP contribution is -2.05. The molecule has 0 amide bonds. The molecule has 0 saturated carbocycles. The Hall–Kier alpha value is -1.36. The van der Waals surface area contributed by atoms with Crippen LogP contribution in [0.4, 0.5) is 0 Å². The van der Waals surface area contributed by atoms with Gasteiger partial charge in [-0.1, -0.05) is 0 Å². The zero-order valence-electron chi connectivity index (χ0n) is 7.07. The third-order valence-electron chi connectivity index (χ3n) is 1.33. The summed E-state index contributed by atoms with van der Waals surface area (Å²) in [5.74, 6) is 1.43. The average molecular weight is 169 g/mol. The maximum atomic E-state index is 5.36. The van der Waals surface area contributed by atoms with Crippen LogP contribution in [0.25, 0.3) is 0 Å². The molecule has 1 aromatic rings. The summed E-state index contributed by atoms with van der Waals surface area (Å²) in [7, 11) is 3.06. The van der Waals surface area contributed by atoms with Gasteiger partial charge in [0.15, 0.2) is 0 Å². The standard InChI is InChI=1S/C7H11N3O2/c1-11-6-3-7(12-2)10-5(4-8)9-6/h3H,4,8H2,1-2H3. The SMILES string of the molecule is COc1cc(OC)nc(CN)n1. The molecule has 2 N–H and O–H groups in total. The van der Waals surface area contributed by atoms with E-state index >= 15 is 0 Å². The lowest BCUT2D eigenvalue weighted by molar-refractivity contribution is 0.368. The molecule has 0 aliphatic rings. The predicted molar refractivity (Wildman–Crippen MR) is 43.0 cm³/mol. The number of methoxy groups -OCH3 is 2.